The van der Waals surface area contributed by atoms with E-state index in [2.05, 4.69) is 14.7 Å². The summed E-state index contributed by atoms with van der Waals surface area (Å²) in [4.78, 5) is 33.4. The van der Waals surface area contributed by atoms with Gasteiger partial charge in [0, 0.05) is 12.6 Å². The van der Waals surface area contributed by atoms with Gasteiger partial charge in [-0.2, -0.15) is 0 Å². The Balaban J connectivity index is 2.20. The van der Waals surface area contributed by atoms with E-state index in [-0.39, 0.29) is 17.7 Å². The molecule has 2 heterocycles. The molecule has 0 N–H and O–H groups in total. The van der Waals surface area contributed by atoms with E-state index in [1.165, 1.54) is 20.4 Å². The van der Waals surface area contributed by atoms with Crippen LogP contribution in [0.1, 0.15) is 36.2 Å². The maximum Gasteiger partial charge on any atom is 0.358 e. The largest absolute Gasteiger partial charge is 0.469 e. The number of aromatic nitrogens is 2. The second kappa shape index (κ2) is 7.01. The van der Waals surface area contributed by atoms with Crippen molar-refractivity contribution in [3.8, 4) is 0 Å². The van der Waals surface area contributed by atoms with Crippen molar-refractivity contribution < 1.29 is 19.1 Å². The molecular weight excluding hydrogens is 274 g/mol. The first-order valence-electron chi connectivity index (χ1n) is 6.89. The van der Waals surface area contributed by atoms with Gasteiger partial charge in [-0.1, -0.05) is 0 Å². The summed E-state index contributed by atoms with van der Waals surface area (Å²) in [6.07, 6.45) is 6.24. The summed E-state index contributed by atoms with van der Waals surface area (Å²) < 4.78 is 9.39. The van der Waals surface area contributed by atoms with Crippen LogP contribution in [0.4, 0.5) is 5.82 Å². The van der Waals surface area contributed by atoms with Gasteiger partial charge in [0.1, 0.15) is 5.82 Å². The third-order valence-electron chi connectivity index (χ3n) is 3.57. The van der Waals surface area contributed by atoms with Crippen molar-refractivity contribution in [1.82, 2.24) is 9.97 Å². The minimum Gasteiger partial charge on any atom is -0.469 e. The van der Waals surface area contributed by atoms with Gasteiger partial charge in [0.2, 0.25) is 0 Å². The molecular formula is C14H19N3O4. The first kappa shape index (κ1) is 15.2. The van der Waals surface area contributed by atoms with Crippen LogP contribution in [-0.2, 0) is 14.3 Å². The van der Waals surface area contributed by atoms with Gasteiger partial charge in [-0.25, -0.2) is 9.78 Å². The second-order valence-electron chi connectivity index (χ2n) is 4.88. The highest BCUT2D eigenvalue weighted by molar-refractivity contribution is 5.87. The topological polar surface area (TPSA) is 81.6 Å². The van der Waals surface area contributed by atoms with Gasteiger partial charge in [-0.15, -0.1) is 0 Å². The number of esters is 2. The number of nitrogens with zero attached hydrogens (tertiary/aromatic N) is 3. The quantitative estimate of drug-likeness (QED) is 0.771. The van der Waals surface area contributed by atoms with Crippen molar-refractivity contribution in [2.45, 2.75) is 31.7 Å². The summed E-state index contributed by atoms with van der Waals surface area (Å²) in [6.45, 7) is 0.779. The number of methoxy groups -OCH3 is 2. The monoisotopic (exact) mass is 293 g/mol. The maximum absolute atomic E-state index is 11.5. The molecule has 1 aliphatic heterocycles. The van der Waals surface area contributed by atoms with E-state index >= 15 is 0 Å². The standard InChI is InChI=1S/C14H19N3O4/c1-20-13(18)7-10-5-3-4-6-17(10)12-9-15-8-11(16-12)14(19)21-2/h8-10H,3-7H2,1-2H3. The summed E-state index contributed by atoms with van der Waals surface area (Å²) in [5, 5.41) is 0. The first-order valence-corrected chi connectivity index (χ1v) is 6.89. The van der Waals surface area contributed by atoms with Crippen molar-refractivity contribution in [3.05, 3.63) is 18.1 Å². The molecule has 114 valence electrons. The molecule has 1 aromatic rings. The van der Waals surface area contributed by atoms with Gasteiger partial charge in [0.25, 0.3) is 0 Å². The summed E-state index contributed by atoms with van der Waals surface area (Å²) in [5.41, 5.74) is 0.164. The molecule has 0 saturated carbocycles. The van der Waals surface area contributed by atoms with Crippen LogP contribution in [0.3, 0.4) is 0 Å². The van der Waals surface area contributed by atoms with E-state index in [9.17, 15) is 9.59 Å². The van der Waals surface area contributed by atoms with Gasteiger partial charge in [-0.05, 0) is 19.3 Å². The molecule has 0 bridgehead atoms. The van der Waals surface area contributed by atoms with E-state index in [1.54, 1.807) is 6.20 Å². The van der Waals surface area contributed by atoms with Crippen LogP contribution in [0.5, 0.6) is 0 Å². The zero-order valence-corrected chi connectivity index (χ0v) is 12.2. The Morgan fingerprint density at radius 2 is 2.10 bits per heavy atom. The van der Waals surface area contributed by atoms with Gasteiger partial charge in [0.05, 0.1) is 33.0 Å². The number of carbonyl (C=O) groups excluding carboxylic acids is 2. The van der Waals surface area contributed by atoms with Crippen molar-refractivity contribution >= 4 is 17.8 Å². The van der Waals surface area contributed by atoms with Crippen LogP contribution in [0.2, 0.25) is 0 Å². The molecule has 7 nitrogen and oxygen atoms in total. The van der Waals surface area contributed by atoms with Crippen LogP contribution < -0.4 is 4.90 Å². The smallest absolute Gasteiger partial charge is 0.358 e. The Labute approximate surface area is 123 Å². The Kier molecular flexibility index (Phi) is 5.08. The molecule has 21 heavy (non-hydrogen) atoms. The minimum absolute atomic E-state index is 0.0217. The number of ether oxygens (including phenoxy) is 2. The summed E-state index contributed by atoms with van der Waals surface area (Å²) in [5.74, 6) is -0.179. The fourth-order valence-electron chi connectivity index (χ4n) is 2.49. The van der Waals surface area contributed by atoms with Crippen LogP contribution in [0, 0.1) is 0 Å². The zero-order valence-electron chi connectivity index (χ0n) is 12.2. The minimum atomic E-state index is -0.522. The van der Waals surface area contributed by atoms with Crippen molar-refractivity contribution in [2.24, 2.45) is 0 Å². The lowest BCUT2D eigenvalue weighted by Gasteiger charge is -2.35. The highest BCUT2D eigenvalue weighted by Crippen LogP contribution is 2.25. The number of rotatable bonds is 4. The molecule has 1 fully saturated rings. The van der Waals surface area contributed by atoms with Crippen LogP contribution in [0.25, 0.3) is 0 Å². The fourth-order valence-corrected chi connectivity index (χ4v) is 2.49. The van der Waals surface area contributed by atoms with Crippen LogP contribution in [-0.4, -0.2) is 48.7 Å². The van der Waals surface area contributed by atoms with Gasteiger partial charge >= 0.3 is 11.9 Å². The summed E-state index contributed by atoms with van der Waals surface area (Å²) >= 11 is 0. The first-order chi connectivity index (χ1) is 10.2. The van der Waals surface area contributed by atoms with Crippen molar-refractivity contribution in [1.29, 1.82) is 0 Å². The predicted molar refractivity (Wildman–Crippen MR) is 75.0 cm³/mol. The predicted octanol–water partition coefficient (Wildman–Crippen LogP) is 1.19. The van der Waals surface area contributed by atoms with E-state index < -0.39 is 5.97 Å². The molecule has 1 aromatic heterocycles. The molecule has 7 heteroatoms. The lowest BCUT2D eigenvalue weighted by Crippen LogP contribution is -2.41. The number of anilines is 1. The SMILES string of the molecule is COC(=O)CC1CCCCN1c1cncc(C(=O)OC)n1. The summed E-state index contributed by atoms with van der Waals surface area (Å²) in [6, 6.07) is 0.0217. The van der Waals surface area contributed by atoms with Crippen LogP contribution >= 0.6 is 0 Å². The molecule has 1 saturated heterocycles. The van der Waals surface area contributed by atoms with Gasteiger partial charge in [0.15, 0.2) is 5.69 Å². The lowest BCUT2D eigenvalue weighted by atomic mass is 9.99. The third kappa shape index (κ3) is 3.68. The molecule has 0 spiro atoms. The average molecular weight is 293 g/mol. The summed E-state index contributed by atoms with van der Waals surface area (Å²) in [7, 11) is 2.69. The molecule has 1 aliphatic rings. The van der Waals surface area contributed by atoms with E-state index in [0.29, 0.717) is 12.2 Å². The highest BCUT2D eigenvalue weighted by Gasteiger charge is 2.27. The molecule has 0 aromatic carbocycles. The van der Waals surface area contributed by atoms with E-state index in [0.717, 1.165) is 25.8 Å². The number of hydrogen-bond acceptors (Lipinski definition) is 7. The molecule has 2 rings (SSSR count). The molecule has 1 unspecified atom stereocenters. The number of carbonyl (C=O) groups is 2. The molecule has 0 amide bonds. The Morgan fingerprint density at radius 3 is 2.81 bits per heavy atom. The van der Waals surface area contributed by atoms with E-state index in [1.807, 2.05) is 4.90 Å². The van der Waals surface area contributed by atoms with Gasteiger partial charge < -0.3 is 14.4 Å². The average Bonchev–Trinajstić information content (AvgIpc) is 2.54. The van der Waals surface area contributed by atoms with Crippen molar-refractivity contribution in [3.63, 3.8) is 0 Å². The Bertz CT molecular complexity index is 521. The number of piperidine rings is 1. The highest BCUT2D eigenvalue weighted by atomic mass is 16.5. The second-order valence-corrected chi connectivity index (χ2v) is 4.88. The Hall–Kier alpha value is -2.18. The van der Waals surface area contributed by atoms with E-state index in [4.69, 9.17) is 4.74 Å². The molecule has 0 radical (unpaired) electrons. The molecule has 0 aliphatic carbocycles. The lowest BCUT2D eigenvalue weighted by molar-refractivity contribution is -0.141. The maximum atomic E-state index is 11.5. The normalized spacial score (nSPS) is 18.2. The third-order valence-corrected chi connectivity index (χ3v) is 3.57. The molecule has 1 atom stereocenters. The van der Waals surface area contributed by atoms with Gasteiger partial charge in [-0.3, -0.25) is 9.78 Å². The van der Waals surface area contributed by atoms with Crippen molar-refractivity contribution in [2.75, 3.05) is 25.7 Å². The fraction of sp³-hybridized carbons (Fsp3) is 0.571. The number of hydrogen-bond donors (Lipinski definition) is 0. The Morgan fingerprint density at radius 1 is 1.29 bits per heavy atom. The van der Waals surface area contributed by atoms with Crippen LogP contribution in [0.15, 0.2) is 12.4 Å². The zero-order chi connectivity index (χ0) is 15.2.